The first-order valence-electron chi connectivity index (χ1n) is 3.02. The van der Waals surface area contributed by atoms with E-state index >= 15 is 0 Å². The summed E-state index contributed by atoms with van der Waals surface area (Å²) >= 11 is 6.86. The minimum atomic E-state index is 0.372. The molecule has 11 heavy (non-hydrogen) atoms. The van der Waals surface area contributed by atoms with Crippen LogP contribution in [0.1, 0.15) is 0 Å². The maximum Gasteiger partial charge on any atom is 0.179 e. The number of rotatable bonds is 1. The third-order valence-corrected chi connectivity index (χ3v) is 2.76. The molecule has 0 radical (unpaired) electrons. The molecule has 0 saturated carbocycles. The van der Waals surface area contributed by atoms with E-state index in [-0.39, 0.29) is 0 Å². The van der Waals surface area contributed by atoms with Gasteiger partial charge in [0, 0.05) is 0 Å². The van der Waals surface area contributed by atoms with Crippen molar-refractivity contribution >= 4 is 45.9 Å². The zero-order chi connectivity index (χ0) is 8.27. The largest absolute Gasteiger partial charge is 0.375 e. The van der Waals surface area contributed by atoms with Crippen LogP contribution >= 0.6 is 35.1 Å². The summed E-state index contributed by atoms with van der Waals surface area (Å²) in [6, 6.07) is 9.74. The summed E-state index contributed by atoms with van der Waals surface area (Å²) in [5, 5.41) is 0.372. The molecule has 0 saturated heterocycles. The van der Waals surface area contributed by atoms with Gasteiger partial charge in [0.15, 0.2) is 5.11 Å². The average Bonchev–Trinajstić information content (AvgIpc) is 2.05. The molecule has 4 heteroatoms. The van der Waals surface area contributed by atoms with Crippen LogP contribution in [0.4, 0.5) is 5.69 Å². The van der Waals surface area contributed by atoms with Crippen LogP contribution in [0.3, 0.4) is 0 Å². The van der Waals surface area contributed by atoms with Crippen LogP contribution in [0.5, 0.6) is 0 Å². The molecule has 0 aromatic heterocycles. The number of benzene rings is 1. The number of hydrogen-bond donors (Lipinski definition) is 1. The van der Waals surface area contributed by atoms with E-state index < -0.39 is 0 Å². The second kappa shape index (κ2) is 3.87. The summed E-state index contributed by atoms with van der Waals surface area (Å²) in [5.74, 6) is 0. The van der Waals surface area contributed by atoms with Gasteiger partial charge >= 0.3 is 0 Å². The number of hydrogen-bond acceptors (Lipinski definition) is 1. The SMILES string of the molecule is NC(=S)N(I)c1ccccc1. The van der Waals surface area contributed by atoms with Crippen LogP contribution < -0.4 is 8.85 Å². The number of thiocarbonyl (C=S) groups is 1. The molecule has 0 atom stereocenters. The Morgan fingerprint density at radius 3 is 2.36 bits per heavy atom. The van der Waals surface area contributed by atoms with Gasteiger partial charge in [-0.05, 0) is 24.4 Å². The van der Waals surface area contributed by atoms with Crippen LogP contribution in [0.15, 0.2) is 30.3 Å². The monoisotopic (exact) mass is 278 g/mol. The topological polar surface area (TPSA) is 29.3 Å². The van der Waals surface area contributed by atoms with Crippen molar-refractivity contribution in [2.24, 2.45) is 5.73 Å². The van der Waals surface area contributed by atoms with Gasteiger partial charge < -0.3 is 5.73 Å². The van der Waals surface area contributed by atoms with E-state index in [1.54, 1.807) is 3.11 Å². The summed E-state index contributed by atoms with van der Waals surface area (Å²) in [7, 11) is 0. The lowest BCUT2D eigenvalue weighted by molar-refractivity contribution is 1.54. The van der Waals surface area contributed by atoms with Gasteiger partial charge in [-0.25, -0.2) is 0 Å². The van der Waals surface area contributed by atoms with Crippen molar-refractivity contribution in [3.8, 4) is 0 Å². The van der Waals surface area contributed by atoms with Crippen molar-refractivity contribution in [2.75, 3.05) is 3.11 Å². The molecule has 2 N–H and O–H groups in total. The third-order valence-electron chi connectivity index (χ3n) is 1.18. The summed E-state index contributed by atoms with van der Waals surface area (Å²) in [4.78, 5) is 0. The maximum absolute atomic E-state index is 5.42. The Morgan fingerprint density at radius 1 is 1.36 bits per heavy atom. The number of nitrogens with zero attached hydrogens (tertiary/aromatic N) is 1. The van der Waals surface area contributed by atoms with Crippen molar-refractivity contribution in [1.82, 2.24) is 0 Å². The molecular formula is C7H7IN2S. The minimum Gasteiger partial charge on any atom is -0.375 e. The van der Waals surface area contributed by atoms with Crippen molar-refractivity contribution in [1.29, 1.82) is 0 Å². The molecule has 0 amide bonds. The lowest BCUT2D eigenvalue weighted by atomic mass is 10.3. The van der Waals surface area contributed by atoms with Gasteiger partial charge in [-0.2, -0.15) is 0 Å². The van der Waals surface area contributed by atoms with Crippen LogP contribution in [-0.4, -0.2) is 5.11 Å². The van der Waals surface area contributed by atoms with E-state index in [4.69, 9.17) is 18.0 Å². The molecule has 0 bridgehead atoms. The van der Waals surface area contributed by atoms with E-state index in [1.165, 1.54) is 0 Å². The first-order valence-corrected chi connectivity index (χ1v) is 4.39. The summed E-state index contributed by atoms with van der Waals surface area (Å²) in [6.07, 6.45) is 0. The second-order valence-corrected chi connectivity index (χ2v) is 3.34. The molecule has 0 fully saturated rings. The van der Waals surface area contributed by atoms with E-state index in [2.05, 4.69) is 22.9 Å². The Kier molecular flexibility index (Phi) is 3.07. The van der Waals surface area contributed by atoms with Gasteiger partial charge in [0.05, 0.1) is 28.6 Å². The minimum absolute atomic E-state index is 0.372. The number of anilines is 1. The van der Waals surface area contributed by atoms with Gasteiger partial charge in [-0.1, -0.05) is 18.2 Å². The molecule has 2 nitrogen and oxygen atoms in total. The molecule has 1 rings (SSSR count). The van der Waals surface area contributed by atoms with Crippen molar-refractivity contribution < 1.29 is 0 Å². The predicted molar refractivity (Wildman–Crippen MR) is 59.7 cm³/mol. The van der Waals surface area contributed by atoms with E-state index in [0.717, 1.165) is 5.69 Å². The van der Waals surface area contributed by atoms with Gasteiger partial charge in [-0.15, -0.1) is 0 Å². The first kappa shape index (κ1) is 8.73. The highest BCUT2D eigenvalue weighted by Crippen LogP contribution is 2.16. The summed E-state index contributed by atoms with van der Waals surface area (Å²) in [5.41, 5.74) is 6.42. The van der Waals surface area contributed by atoms with E-state index in [1.807, 2.05) is 30.3 Å². The molecule has 0 heterocycles. The van der Waals surface area contributed by atoms with Crippen LogP contribution in [0, 0.1) is 0 Å². The number of halogens is 1. The predicted octanol–water partition coefficient (Wildman–Crippen LogP) is 2.09. The quantitative estimate of drug-likeness (QED) is 0.484. The standard InChI is InChI=1S/C7H7IN2S/c8-10(7(9)11)6-4-2-1-3-5-6/h1-5H,(H2,9,11). The number of nitrogens with two attached hydrogens (primary N) is 1. The Bertz CT molecular complexity index is 250. The smallest absolute Gasteiger partial charge is 0.179 e. The molecule has 0 unspecified atom stereocenters. The van der Waals surface area contributed by atoms with Crippen LogP contribution in [0.25, 0.3) is 0 Å². The Labute approximate surface area is 84.9 Å². The Hall–Kier alpha value is -0.360. The van der Waals surface area contributed by atoms with Gasteiger partial charge in [0.25, 0.3) is 0 Å². The fraction of sp³-hybridized carbons (Fsp3) is 0. The van der Waals surface area contributed by atoms with Crippen molar-refractivity contribution in [3.05, 3.63) is 30.3 Å². The van der Waals surface area contributed by atoms with Crippen LogP contribution in [0.2, 0.25) is 0 Å². The zero-order valence-corrected chi connectivity index (χ0v) is 8.67. The highest BCUT2D eigenvalue weighted by atomic mass is 127. The maximum atomic E-state index is 5.42. The molecule has 0 aliphatic heterocycles. The highest BCUT2D eigenvalue weighted by molar-refractivity contribution is 14.1. The van der Waals surface area contributed by atoms with Crippen LogP contribution in [-0.2, 0) is 0 Å². The highest BCUT2D eigenvalue weighted by Gasteiger charge is 2.02. The van der Waals surface area contributed by atoms with E-state index in [0.29, 0.717) is 5.11 Å². The summed E-state index contributed by atoms with van der Waals surface area (Å²) in [6.45, 7) is 0. The number of para-hydroxylation sites is 1. The van der Waals surface area contributed by atoms with Gasteiger partial charge in [0.1, 0.15) is 0 Å². The fourth-order valence-electron chi connectivity index (χ4n) is 0.686. The van der Waals surface area contributed by atoms with Gasteiger partial charge in [0.2, 0.25) is 0 Å². The summed E-state index contributed by atoms with van der Waals surface area (Å²) < 4.78 is 1.73. The Morgan fingerprint density at radius 2 is 1.91 bits per heavy atom. The molecule has 0 spiro atoms. The van der Waals surface area contributed by atoms with Crippen molar-refractivity contribution in [2.45, 2.75) is 0 Å². The average molecular weight is 278 g/mol. The normalized spacial score (nSPS) is 9.18. The third kappa shape index (κ3) is 2.30. The Balaban J connectivity index is 2.85. The lowest BCUT2D eigenvalue weighted by Crippen LogP contribution is -2.25. The first-order chi connectivity index (χ1) is 5.22. The molecule has 0 aliphatic carbocycles. The lowest BCUT2D eigenvalue weighted by Gasteiger charge is -2.12. The molecular weight excluding hydrogens is 271 g/mol. The van der Waals surface area contributed by atoms with Crippen molar-refractivity contribution in [3.63, 3.8) is 0 Å². The molecule has 1 aromatic rings. The second-order valence-electron chi connectivity index (χ2n) is 1.95. The fourth-order valence-corrected chi connectivity index (χ4v) is 1.11. The van der Waals surface area contributed by atoms with E-state index in [9.17, 15) is 0 Å². The molecule has 1 aromatic carbocycles. The molecule has 58 valence electrons. The molecule has 0 aliphatic rings. The zero-order valence-electron chi connectivity index (χ0n) is 5.70. The van der Waals surface area contributed by atoms with Gasteiger partial charge in [-0.3, -0.25) is 3.11 Å².